The lowest BCUT2D eigenvalue weighted by Gasteiger charge is -2.19. The fourth-order valence-corrected chi connectivity index (χ4v) is 2.48. The Labute approximate surface area is 108 Å². The van der Waals surface area contributed by atoms with Crippen molar-refractivity contribution in [3.8, 4) is 0 Å². The molecule has 0 bridgehead atoms. The molecule has 98 valence electrons. The molecule has 0 unspecified atom stereocenters. The van der Waals surface area contributed by atoms with Crippen LogP contribution in [0.4, 0.5) is 0 Å². The molecule has 0 spiro atoms. The molecule has 0 saturated heterocycles. The molecule has 0 aromatic carbocycles. The van der Waals surface area contributed by atoms with Crippen LogP contribution in [0.3, 0.4) is 0 Å². The number of carbonyl (C=O) groups excluding carboxylic acids is 1. The highest BCUT2D eigenvalue weighted by molar-refractivity contribution is 5.88. The highest BCUT2D eigenvalue weighted by Gasteiger charge is 2.16. The van der Waals surface area contributed by atoms with Gasteiger partial charge in [-0.2, -0.15) is 0 Å². The summed E-state index contributed by atoms with van der Waals surface area (Å²) in [4.78, 5) is 15.8. The summed E-state index contributed by atoms with van der Waals surface area (Å²) in [7, 11) is 1.44. The van der Waals surface area contributed by atoms with Crippen LogP contribution < -0.4 is 0 Å². The molecule has 1 aliphatic carbocycles. The molecule has 0 aliphatic heterocycles. The van der Waals surface area contributed by atoms with Crippen LogP contribution in [-0.2, 0) is 16.1 Å². The van der Waals surface area contributed by atoms with Gasteiger partial charge in [-0.3, -0.25) is 0 Å². The number of methoxy groups -OCH3 is 1. The molecule has 18 heavy (non-hydrogen) atoms. The predicted octanol–water partition coefficient (Wildman–Crippen LogP) is 2.56. The maximum Gasteiger partial charge on any atom is 0.335 e. The molecule has 2 rings (SSSR count). The number of nitrogens with zero attached hydrogens (tertiary/aromatic N) is 2. The van der Waals surface area contributed by atoms with Crippen LogP contribution in [0.1, 0.15) is 32.1 Å². The molecule has 0 atom stereocenters. The van der Waals surface area contributed by atoms with Gasteiger partial charge in [-0.1, -0.05) is 25.3 Å². The van der Waals surface area contributed by atoms with E-state index in [9.17, 15) is 4.79 Å². The highest BCUT2D eigenvalue weighted by Crippen LogP contribution is 2.26. The molecule has 1 fully saturated rings. The third-order valence-corrected chi connectivity index (χ3v) is 3.45. The average molecular weight is 248 g/mol. The predicted molar refractivity (Wildman–Crippen MR) is 68.9 cm³/mol. The van der Waals surface area contributed by atoms with Crippen molar-refractivity contribution in [1.29, 1.82) is 0 Å². The minimum Gasteiger partial charge on any atom is -0.466 e. The van der Waals surface area contributed by atoms with Gasteiger partial charge in [-0.05, 0) is 18.8 Å². The van der Waals surface area contributed by atoms with Crippen molar-refractivity contribution in [3.05, 3.63) is 30.4 Å². The van der Waals surface area contributed by atoms with Gasteiger partial charge in [-0.15, -0.1) is 0 Å². The fourth-order valence-electron chi connectivity index (χ4n) is 2.48. The Morgan fingerprint density at radius 1 is 1.44 bits per heavy atom. The molecular weight excluding hydrogens is 228 g/mol. The number of imidazole rings is 1. The number of hydrogen-bond acceptors (Lipinski definition) is 3. The third kappa shape index (κ3) is 3.45. The maximum atomic E-state index is 11.8. The van der Waals surface area contributed by atoms with Crippen LogP contribution in [0.15, 0.2) is 30.4 Å². The van der Waals surface area contributed by atoms with Gasteiger partial charge in [0.15, 0.2) is 0 Å². The highest BCUT2D eigenvalue weighted by atomic mass is 16.5. The number of hydrogen-bond donors (Lipinski definition) is 0. The second-order valence-electron chi connectivity index (χ2n) is 4.82. The van der Waals surface area contributed by atoms with Crippen LogP contribution in [0.2, 0.25) is 0 Å². The summed E-state index contributed by atoms with van der Waals surface area (Å²) in [5.74, 6) is 0.297. The quantitative estimate of drug-likeness (QED) is 0.607. The van der Waals surface area contributed by atoms with Crippen LogP contribution in [0.5, 0.6) is 0 Å². The second-order valence-corrected chi connectivity index (χ2v) is 4.82. The SMILES string of the molecule is COC(=O)/C(=C/C1CCCCC1)Cn1ccnc1. The van der Waals surface area contributed by atoms with Crippen molar-refractivity contribution in [3.63, 3.8) is 0 Å². The first-order valence-electron chi connectivity index (χ1n) is 6.54. The van der Waals surface area contributed by atoms with E-state index in [1.54, 1.807) is 12.5 Å². The third-order valence-electron chi connectivity index (χ3n) is 3.45. The standard InChI is InChI=1S/C14H20N2O2/c1-18-14(17)13(10-16-8-7-15-11-16)9-12-5-3-2-4-6-12/h7-9,11-12H,2-6,10H2,1H3/b13-9+. The summed E-state index contributed by atoms with van der Waals surface area (Å²) in [5.41, 5.74) is 0.738. The van der Waals surface area contributed by atoms with Gasteiger partial charge < -0.3 is 9.30 Å². The Kier molecular flexibility index (Phi) is 4.56. The monoisotopic (exact) mass is 248 g/mol. The van der Waals surface area contributed by atoms with Crippen molar-refractivity contribution in [2.45, 2.75) is 38.6 Å². The molecule has 1 heterocycles. The van der Waals surface area contributed by atoms with Crippen molar-refractivity contribution < 1.29 is 9.53 Å². The Balaban J connectivity index is 2.08. The smallest absolute Gasteiger partial charge is 0.335 e. The summed E-state index contributed by atoms with van der Waals surface area (Å²) in [6.45, 7) is 0.545. The zero-order valence-electron chi connectivity index (χ0n) is 10.8. The van der Waals surface area contributed by atoms with Gasteiger partial charge in [0.1, 0.15) is 0 Å². The van der Waals surface area contributed by atoms with Crippen LogP contribution in [0, 0.1) is 5.92 Å². The first-order chi connectivity index (χ1) is 8.79. The number of allylic oxidation sites excluding steroid dienone is 1. The first kappa shape index (κ1) is 12.9. The molecule has 0 N–H and O–H groups in total. The lowest BCUT2D eigenvalue weighted by molar-refractivity contribution is -0.136. The summed E-state index contributed by atoms with van der Waals surface area (Å²) >= 11 is 0. The van der Waals surface area contributed by atoms with Gasteiger partial charge in [0.25, 0.3) is 0 Å². The fraction of sp³-hybridized carbons (Fsp3) is 0.571. The van der Waals surface area contributed by atoms with E-state index in [4.69, 9.17) is 4.74 Å². The lowest BCUT2D eigenvalue weighted by Crippen LogP contribution is -2.14. The van der Waals surface area contributed by atoms with Crippen molar-refractivity contribution in [2.75, 3.05) is 7.11 Å². The molecule has 1 aromatic rings. The lowest BCUT2D eigenvalue weighted by atomic mass is 9.88. The van der Waals surface area contributed by atoms with Gasteiger partial charge in [0, 0.05) is 12.4 Å². The van der Waals surface area contributed by atoms with Gasteiger partial charge in [0.2, 0.25) is 0 Å². The van der Waals surface area contributed by atoms with E-state index < -0.39 is 0 Å². The largest absolute Gasteiger partial charge is 0.466 e. The molecule has 1 aromatic heterocycles. The zero-order valence-corrected chi connectivity index (χ0v) is 10.8. The molecular formula is C14H20N2O2. The van der Waals surface area contributed by atoms with E-state index in [0.717, 1.165) is 5.57 Å². The number of carbonyl (C=O) groups is 1. The summed E-state index contributed by atoms with van der Waals surface area (Å²) in [6.07, 6.45) is 13.6. The average Bonchev–Trinajstić information content (AvgIpc) is 2.91. The normalized spacial score (nSPS) is 17.7. The Bertz CT molecular complexity index is 403. The molecule has 4 heteroatoms. The van der Waals surface area contributed by atoms with E-state index in [0.29, 0.717) is 12.5 Å². The van der Waals surface area contributed by atoms with Crippen molar-refractivity contribution in [1.82, 2.24) is 9.55 Å². The Hall–Kier alpha value is -1.58. The van der Waals surface area contributed by atoms with E-state index in [2.05, 4.69) is 11.1 Å². The van der Waals surface area contributed by atoms with Crippen molar-refractivity contribution >= 4 is 5.97 Å². The van der Waals surface area contributed by atoms with Crippen LogP contribution in [-0.4, -0.2) is 22.6 Å². The first-order valence-corrected chi connectivity index (χ1v) is 6.54. The molecule has 4 nitrogen and oxygen atoms in total. The minimum absolute atomic E-state index is 0.228. The summed E-state index contributed by atoms with van der Waals surface area (Å²) in [5, 5.41) is 0. The molecule has 0 radical (unpaired) electrons. The summed E-state index contributed by atoms with van der Waals surface area (Å²) in [6, 6.07) is 0. The second kappa shape index (κ2) is 6.38. The van der Waals surface area contributed by atoms with E-state index >= 15 is 0 Å². The van der Waals surface area contributed by atoms with Gasteiger partial charge in [-0.25, -0.2) is 9.78 Å². The van der Waals surface area contributed by atoms with E-state index in [-0.39, 0.29) is 5.97 Å². The Morgan fingerprint density at radius 3 is 2.83 bits per heavy atom. The van der Waals surface area contributed by atoms with E-state index in [1.165, 1.54) is 39.2 Å². The number of rotatable bonds is 4. The van der Waals surface area contributed by atoms with Crippen LogP contribution in [0.25, 0.3) is 0 Å². The maximum absolute atomic E-state index is 11.8. The molecule has 0 amide bonds. The minimum atomic E-state index is -0.228. The van der Waals surface area contributed by atoms with Gasteiger partial charge in [0.05, 0.1) is 25.6 Å². The number of aromatic nitrogens is 2. The number of esters is 1. The van der Waals surface area contributed by atoms with Crippen LogP contribution >= 0.6 is 0 Å². The summed E-state index contributed by atoms with van der Waals surface area (Å²) < 4.78 is 6.76. The topological polar surface area (TPSA) is 44.1 Å². The zero-order chi connectivity index (χ0) is 12.8. The van der Waals surface area contributed by atoms with E-state index in [1.807, 2.05) is 10.8 Å². The number of ether oxygens (including phenoxy) is 1. The molecule has 1 saturated carbocycles. The Morgan fingerprint density at radius 2 is 2.22 bits per heavy atom. The molecule has 1 aliphatic rings. The van der Waals surface area contributed by atoms with Gasteiger partial charge >= 0.3 is 5.97 Å². The van der Waals surface area contributed by atoms with Crippen molar-refractivity contribution in [2.24, 2.45) is 5.92 Å².